The minimum Gasteiger partial charge on any atom is -0.481 e. The molecule has 104 valence electrons. The van der Waals surface area contributed by atoms with Gasteiger partial charge in [-0.2, -0.15) is 0 Å². The summed E-state index contributed by atoms with van der Waals surface area (Å²) >= 11 is 6.01. The average molecular weight is 284 g/mol. The quantitative estimate of drug-likeness (QED) is 0.843. The molecule has 1 aromatic rings. The summed E-state index contributed by atoms with van der Waals surface area (Å²) in [7, 11) is 0. The highest BCUT2D eigenvalue weighted by atomic mass is 35.5. The van der Waals surface area contributed by atoms with Gasteiger partial charge in [0.15, 0.2) is 0 Å². The van der Waals surface area contributed by atoms with E-state index in [2.05, 4.69) is 5.32 Å². The summed E-state index contributed by atoms with van der Waals surface area (Å²) in [5.41, 5.74) is 1.19. The van der Waals surface area contributed by atoms with Gasteiger partial charge in [0.2, 0.25) is 0 Å². The lowest BCUT2D eigenvalue weighted by Gasteiger charge is -2.17. The fourth-order valence-electron chi connectivity index (χ4n) is 1.96. The molecular weight excluding hydrogens is 266 g/mol. The van der Waals surface area contributed by atoms with Gasteiger partial charge in [0.05, 0.1) is 17.0 Å². The number of carbonyl (C=O) groups is 2. The Hall–Kier alpha value is -1.55. The highest BCUT2D eigenvalue weighted by Gasteiger charge is 2.19. The topological polar surface area (TPSA) is 66.4 Å². The zero-order chi connectivity index (χ0) is 14.4. The van der Waals surface area contributed by atoms with Crippen LogP contribution in [0.4, 0.5) is 0 Å². The van der Waals surface area contributed by atoms with Crippen molar-refractivity contribution in [1.82, 2.24) is 5.32 Å². The van der Waals surface area contributed by atoms with Gasteiger partial charge in [-0.25, -0.2) is 0 Å². The zero-order valence-electron chi connectivity index (χ0n) is 11.1. The summed E-state index contributed by atoms with van der Waals surface area (Å²) in [5.74, 6) is -1.24. The van der Waals surface area contributed by atoms with Crippen molar-refractivity contribution in [2.45, 2.75) is 39.2 Å². The van der Waals surface area contributed by atoms with Crippen LogP contribution < -0.4 is 5.32 Å². The molecule has 4 nitrogen and oxygen atoms in total. The fourth-order valence-corrected chi connectivity index (χ4v) is 2.27. The summed E-state index contributed by atoms with van der Waals surface area (Å²) in [6.45, 7) is 3.74. The summed E-state index contributed by atoms with van der Waals surface area (Å²) < 4.78 is 0. The predicted molar refractivity (Wildman–Crippen MR) is 74.6 cm³/mol. The molecule has 1 rings (SSSR count). The molecule has 0 aromatic heterocycles. The first kappa shape index (κ1) is 15.5. The molecular formula is C14H18ClNO3. The van der Waals surface area contributed by atoms with E-state index in [9.17, 15) is 9.59 Å². The Labute approximate surface area is 117 Å². The van der Waals surface area contributed by atoms with Gasteiger partial charge in [-0.05, 0) is 25.0 Å². The molecule has 0 aliphatic carbocycles. The summed E-state index contributed by atoms with van der Waals surface area (Å²) in [6.07, 6.45) is 1.35. The van der Waals surface area contributed by atoms with Gasteiger partial charge in [-0.3, -0.25) is 9.59 Å². The van der Waals surface area contributed by atoms with Gasteiger partial charge in [-0.1, -0.05) is 37.1 Å². The number of carboxylic acid groups (broad SMARTS) is 1. The fraction of sp³-hybridized carbons (Fsp3) is 0.429. The number of carboxylic acids is 1. The highest BCUT2D eigenvalue weighted by molar-refractivity contribution is 6.34. The Balaban J connectivity index is 2.84. The molecule has 0 radical (unpaired) electrons. The van der Waals surface area contributed by atoms with Crippen LogP contribution in [0.1, 0.15) is 42.1 Å². The molecule has 5 heteroatoms. The first-order valence-electron chi connectivity index (χ1n) is 6.23. The lowest BCUT2D eigenvalue weighted by Crippen LogP contribution is -2.36. The first-order valence-corrected chi connectivity index (χ1v) is 6.61. The standard InChI is InChI=1S/C14H18ClNO3/c1-3-5-10(8-12(17)18)16-14(19)13-9(2)6-4-7-11(13)15/h4,6-7,10H,3,5,8H2,1-2H3,(H,16,19)(H,17,18)/t10-/m0/s1. The van der Waals surface area contributed by atoms with E-state index >= 15 is 0 Å². The molecule has 1 amide bonds. The van der Waals surface area contributed by atoms with Gasteiger partial charge in [0, 0.05) is 6.04 Å². The summed E-state index contributed by atoms with van der Waals surface area (Å²) in [6, 6.07) is 4.85. The third-order valence-electron chi connectivity index (χ3n) is 2.84. The molecule has 0 saturated carbocycles. The lowest BCUT2D eigenvalue weighted by atomic mass is 10.1. The molecule has 2 N–H and O–H groups in total. The summed E-state index contributed by atoms with van der Waals surface area (Å²) in [4.78, 5) is 22.9. The van der Waals surface area contributed by atoms with E-state index in [-0.39, 0.29) is 18.4 Å². The zero-order valence-corrected chi connectivity index (χ0v) is 11.8. The van der Waals surface area contributed by atoms with Crippen molar-refractivity contribution >= 4 is 23.5 Å². The maximum absolute atomic E-state index is 12.2. The Kier molecular flexibility index (Phi) is 5.83. The van der Waals surface area contributed by atoms with Crippen LogP contribution >= 0.6 is 11.6 Å². The number of amides is 1. The van der Waals surface area contributed by atoms with E-state index in [1.807, 2.05) is 6.92 Å². The number of carbonyl (C=O) groups excluding carboxylic acids is 1. The van der Waals surface area contributed by atoms with Gasteiger partial charge in [0.1, 0.15) is 0 Å². The van der Waals surface area contributed by atoms with E-state index in [0.717, 1.165) is 12.0 Å². The molecule has 1 atom stereocenters. The van der Waals surface area contributed by atoms with Crippen LogP contribution in [-0.4, -0.2) is 23.0 Å². The van der Waals surface area contributed by atoms with Crippen LogP contribution in [0, 0.1) is 6.92 Å². The van der Waals surface area contributed by atoms with Crippen LogP contribution in [0.2, 0.25) is 5.02 Å². The second kappa shape index (κ2) is 7.14. The van der Waals surface area contributed by atoms with Crippen molar-refractivity contribution in [3.63, 3.8) is 0 Å². The number of halogens is 1. The number of hydrogen-bond donors (Lipinski definition) is 2. The van der Waals surface area contributed by atoms with Crippen LogP contribution in [-0.2, 0) is 4.79 Å². The van der Waals surface area contributed by atoms with Gasteiger partial charge in [0.25, 0.3) is 5.91 Å². The number of rotatable bonds is 6. The lowest BCUT2D eigenvalue weighted by molar-refractivity contribution is -0.137. The summed E-state index contributed by atoms with van der Waals surface area (Å²) in [5, 5.41) is 11.9. The van der Waals surface area contributed by atoms with Crippen molar-refractivity contribution in [2.24, 2.45) is 0 Å². The highest BCUT2D eigenvalue weighted by Crippen LogP contribution is 2.19. The smallest absolute Gasteiger partial charge is 0.305 e. The van der Waals surface area contributed by atoms with Crippen molar-refractivity contribution in [1.29, 1.82) is 0 Å². The Morgan fingerprint density at radius 2 is 2.11 bits per heavy atom. The predicted octanol–water partition coefficient (Wildman–Crippen LogP) is 3.02. The Morgan fingerprint density at radius 1 is 1.42 bits per heavy atom. The SMILES string of the molecule is CCC[C@@H](CC(=O)O)NC(=O)c1c(C)cccc1Cl. The molecule has 0 unspecified atom stereocenters. The van der Waals surface area contributed by atoms with Gasteiger partial charge < -0.3 is 10.4 Å². The van der Waals surface area contributed by atoms with E-state index in [0.29, 0.717) is 17.0 Å². The molecule has 19 heavy (non-hydrogen) atoms. The van der Waals surface area contributed by atoms with Crippen LogP contribution in [0.25, 0.3) is 0 Å². The number of aryl methyl sites for hydroxylation is 1. The van der Waals surface area contributed by atoms with Crippen molar-refractivity contribution in [3.05, 3.63) is 34.3 Å². The van der Waals surface area contributed by atoms with Crippen molar-refractivity contribution < 1.29 is 14.7 Å². The molecule has 0 bridgehead atoms. The van der Waals surface area contributed by atoms with Crippen LogP contribution in [0.5, 0.6) is 0 Å². The van der Waals surface area contributed by atoms with E-state index in [1.54, 1.807) is 25.1 Å². The minimum absolute atomic E-state index is 0.0803. The maximum atomic E-state index is 12.2. The molecule has 0 heterocycles. The average Bonchev–Trinajstić information content (AvgIpc) is 2.27. The van der Waals surface area contributed by atoms with Gasteiger partial charge in [-0.15, -0.1) is 0 Å². The van der Waals surface area contributed by atoms with E-state index in [1.165, 1.54) is 0 Å². The molecule has 0 aliphatic rings. The number of nitrogens with one attached hydrogen (secondary N) is 1. The number of hydrogen-bond acceptors (Lipinski definition) is 2. The Bertz CT molecular complexity index is 454. The largest absolute Gasteiger partial charge is 0.481 e. The molecule has 0 fully saturated rings. The van der Waals surface area contributed by atoms with E-state index < -0.39 is 5.97 Å². The maximum Gasteiger partial charge on any atom is 0.305 e. The molecule has 1 aromatic carbocycles. The van der Waals surface area contributed by atoms with E-state index in [4.69, 9.17) is 16.7 Å². The second-order valence-electron chi connectivity index (χ2n) is 4.49. The Morgan fingerprint density at radius 3 is 2.63 bits per heavy atom. The van der Waals surface area contributed by atoms with Crippen molar-refractivity contribution in [2.75, 3.05) is 0 Å². The van der Waals surface area contributed by atoms with Crippen LogP contribution in [0.15, 0.2) is 18.2 Å². The number of benzene rings is 1. The normalized spacial score (nSPS) is 11.9. The van der Waals surface area contributed by atoms with Gasteiger partial charge >= 0.3 is 5.97 Å². The minimum atomic E-state index is -0.922. The third-order valence-corrected chi connectivity index (χ3v) is 3.16. The van der Waals surface area contributed by atoms with Crippen LogP contribution in [0.3, 0.4) is 0 Å². The molecule has 0 saturated heterocycles. The van der Waals surface area contributed by atoms with Crippen molar-refractivity contribution in [3.8, 4) is 0 Å². The monoisotopic (exact) mass is 283 g/mol. The third kappa shape index (κ3) is 4.56. The second-order valence-corrected chi connectivity index (χ2v) is 4.90. The molecule has 0 aliphatic heterocycles. The first-order chi connectivity index (χ1) is 8.95. The molecule has 0 spiro atoms. The number of aliphatic carboxylic acids is 1.